The van der Waals surface area contributed by atoms with E-state index >= 15 is 0 Å². The minimum absolute atomic E-state index is 0.0120. The Morgan fingerprint density at radius 1 is 1.31 bits per heavy atom. The second-order valence-electron chi connectivity index (χ2n) is 2.73. The zero-order valence-corrected chi connectivity index (χ0v) is 8.08. The number of carbonyl (C=O) groups is 1. The molecule has 0 unspecified atom stereocenters. The zero-order chi connectivity index (χ0) is 10.1. The summed E-state index contributed by atoms with van der Waals surface area (Å²) in [5.74, 6) is -0.354. The van der Waals surface area contributed by atoms with Crippen LogP contribution in [0.1, 0.15) is 13.8 Å². The molecule has 0 aliphatic heterocycles. The smallest absolute Gasteiger partial charge is 0.330 e. The average Bonchev–Trinajstić information content (AvgIpc) is 2.02. The third kappa shape index (κ3) is 9.04. The molecular formula is C9H16O4. The molecule has 0 aromatic carbocycles. The molecule has 0 aromatic heterocycles. The van der Waals surface area contributed by atoms with E-state index in [0.717, 1.165) is 5.57 Å². The normalized spacial score (nSPS) is 9.46. The topological polar surface area (TPSA) is 55.8 Å². The predicted octanol–water partition coefficient (Wildman–Crippen LogP) is 0.505. The van der Waals surface area contributed by atoms with Crippen LogP contribution in [0.5, 0.6) is 0 Å². The highest BCUT2D eigenvalue weighted by Gasteiger charge is 1.96. The maximum atomic E-state index is 10.9. The zero-order valence-electron chi connectivity index (χ0n) is 8.08. The number of aliphatic hydroxyl groups is 1. The SMILES string of the molecule is CC(C)=CC(=O)OCCOCCO. The molecule has 13 heavy (non-hydrogen) atoms. The lowest BCUT2D eigenvalue weighted by Crippen LogP contribution is -2.10. The van der Waals surface area contributed by atoms with Gasteiger partial charge >= 0.3 is 5.97 Å². The number of aliphatic hydroxyl groups excluding tert-OH is 1. The Hall–Kier alpha value is -0.870. The van der Waals surface area contributed by atoms with E-state index < -0.39 is 0 Å². The van der Waals surface area contributed by atoms with E-state index in [9.17, 15) is 4.79 Å². The summed E-state index contributed by atoms with van der Waals surface area (Å²) in [5.41, 5.74) is 0.904. The monoisotopic (exact) mass is 188 g/mol. The van der Waals surface area contributed by atoms with Crippen LogP contribution in [0.2, 0.25) is 0 Å². The molecular weight excluding hydrogens is 172 g/mol. The first-order valence-corrected chi connectivity index (χ1v) is 4.17. The van der Waals surface area contributed by atoms with Crippen LogP contribution in [-0.4, -0.2) is 37.5 Å². The molecule has 0 heterocycles. The first-order chi connectivity index (χ1) is 6.16. The van der Waals surface area contributed by atoms with Crippen molar-refractivity contribution in [1.82, 2.24) is 0 Å². The van der Waals surface area contributed by atoms with E-state index in [-0.39, 0.29) is 25.8 Å². The van der Waals surface area contributed by atoms with Crippen LogP contribution >= 0.6 is 0 Å². The summed E-state index contributed by atoms with van der Waals surface area (Å²) in [6.07, 6.45) is 1.42. The second-order valence-corrected chi connectivity index (χ2v) is 2.73. The highest BCUT2D eigenvalue weighted by atomic mass is 16.6. The van der Waals surface area contributed by atoms with Crippen LogP contribution in [0.4, 0.5) is 0 Å². The highest BCUT2D eigenvalue weighted by Crippen LogP contribution is 1.90. The van der Waals surface area contributed by atoms with Crippen molar-refractivity contribution in [2.24, 2.45) is 0 Å². The van der Waals surface area contributed by atoms with Gasteiger partial charge < -0.3 is 14.6 Å². The minimum atomic E-state index is -0.354. The molecule has 0 amide bonds. The molecule has 4 heteroatoms. The van der Waals surface area contributed by atoms with E-state index in [1.54, 1.807) is 0 Å². The van der Waals surface area contributed by atoms with Gasteiger partial charge in [-0.05, 0) is 13.8 Å². The number of hydrogen-bond donors (Lipinski definition) is 1. The Morgan fingerprint density at radius 3 is 2.54 bits per heavy atom. The van der Waals surface area contributed by atoms with Gasteiger partial charge in [0.25, 0.3) is 0 Å². The summed E-state index contributed by atoms with van der Waals surface area (Å²) in [5, 5.41) is 8.35. The Morgan fingerprint density at radius 2 is 2.00 bits per heavy atom. The summed E-state index contributed by atoms with van der Waals surface area (Å²) in [7, 11) is 0. The predicted molar refractivity (Wildman–Crippen MR) is 48.3 cm³/mol. The maximum absolute atomic E-state index is 10.9. The van der Waals surface area contributed by atoms with Gasteiger partial charge in [-0.15, -0.1) is 0 Å². The lowest BCUT2D eigenvalue weighted by atomic mass is 10.3. The summed E-state index contributed by atoms with van der Waals surface area (Å²) in [4.78, 5) is 10.9. The molecule has 0 saturated heterocycles. The lowest BCUT2D eigenvalue weighted by Gasteiger charge is -2.02. The van der Waals surface area contributed by atoms with Gasteiger partial charge in [-0.25, -0.2) is 4.79 Å². The van der Waals surface area contributed by atoms with Gasteiger partial charge in [-0.3, -0.25) is 0 Å². The average molecular weight is 188 g/mol. The summed E-state index contributed by atoms with van der Waals surface area (Å²) in [6, 6.07) is 0. The number of esters is 1. The fraction of sp³-hybridized carbons (Fsp3) is 0.667. The third-order valence-corrected chi connectivity index (χ3v) is 1.11. The molecule has 0 aromatic rings. The molecule has 0 spiro atoms. The standard InChI is InChI=1S/C9H16O4/c1-8(2)7-9(11)13-6-5-12-4-3-10/h7,10H,3-6H2,1-2H3. The Bertz CT molecular complexity index is 170. The molecule has 0 bridgehead atoms. The number of ether oxygens (including phenoxy) is 2. The van der Waals surface area contributed by atoms with Crippen molar-refractivity contribution in [2.45, 2.75) is 13.8 Å². The van der Waals surface area contributed by atoms with E-state index in [1.165, 1.54) is 6.08 Å². The van der Waals surface area contributed by atoms with Crippen LogP contribution in [0.3, 0.4) is 0 Å². The van der Waals surface area contributed by atoms with Gasteiger partial charge in [0, 0.05) is 6.08 Å². The van der Waals surface area contributed by atoms with Gasteiger partial charge in [-0.1, -0.05) is 5.57 Å². The van der Waals surface area contributed by atoms with Gasteiger partial charge in [0.2, 0.25) is 0 Å². The molecule has 1 N–H and O–H groups in total. The molecule has 0 fully saturated rings. The van der Waals surface area contributed by atoms with E-state index in [2.05, 4.69) is 0 Å². The largest absolute Gasteiger partial charge is 0.460 e. The molecule has 0 radical (unpaired) electrons. The summed E-state index contributed by atoms with van der Waals surface area (Å²) >= 11 is 0. The Balaban J connectivity index is 3.33. The first kappa shape index (κ1) is 12.1. The minimum Gasteiger partial charge on any atom is -0.460 e. The molecule has 0 atom stereocenters. The van der Waals surface area contributed by atoms with Crippen molar-refractivity contribution in [3.63, 3.8) is 0 Å². The Kier molecular flexibility index (Phi) is 7.24. The van der Waals surface area contributed by atoms with E-state index in [0.29, 0.717) is 6.61 Å². The van der Waals surface area contributed by atoms with Gasteiger partial charge in [0.1, 0.15) is 6.61 Å². The third-order valence-electron chi connectivity index (χ3n) is 1.11. The van der Waals surface area contributed by atoms with Crippen molar-refractivity contribution in [1.29, 1.82) is 0 Å². The Labute approximate surface area is 78.2 Å². The van der Waals surface area contributed by atoms with Gasteiger partial charge in [-0.2, -0.15) is 0 Å². The van der Waals surface area contributed by atoms with Crippen molar-refractivity contribution in [2.75, 3.05) is 26.4 Å². The quantitative estimate of drug-likeness (QED) is 0.375. The fourth-order valence-electron chi connectivity index (χ4n) is 0.645. The number of rotatable bonds is 6. The van der Waals surface area contributed by atoms with Crippen molar-refractivity contribution in [3.05, 3.63) is 11.6 Å². The summed E-state index contributed by atoms with van der Waals surface area (Å²) in [6.45, 7) is 4.46. The van der Waals surface area contributed by atoms with Crippen LogP contribution in [0.25, 0.3) is 0 Å². The van der Waals surface area contributed by atoms with Crippen molar-refractivity contribution >= 4 is 5.97 Å². The van der Waals surface area contributed by atoms with Gasteiger partial charge in [0.15, 0.2) is 0 Å². The molecule has 0 aliphatic rings. The molecule has 4 nitrogen and oxygen atoms in total. The van der Waals surface area contributed by atoms with E-state index in [4.69, 9.17) is 14.6 Å². The number of carbonyl (C=O) groups excluding carboxylic acids is 1. The van der Waals surface area contributed by atoms with Crippen molar-refractivity contribution in [3.8, 4) is 0 Å². The fourth-order valence-corrected chi connectivity index (χ4v) is 0.645. The molecule has 0 aliphatic carbocycles. The van der Waals surface area contributed by atoms with Crippen molar-refractivity contribution < 1.29 is 19.4 Å². The van der Waals surface area contributed by atoms with Crippen LogP contribution < -0.4 is 0 Å². The summed E-state index contributed by atoms with van der Waals surface area (Å²) < 4.78 is 9.67. The van der Waals surface area contributed by atoms with E-state index in [1.807, 2.05) is 13.8 Å². The molecule has 0 saturated carbocycles. The highest BCUT2D eigenvalue weighted by molar-refractivity contribution is 5.82. The maximum Gasteiger partial charge on any atom is 0.330 e. The van der Waals surface area contributed by atoms with Crippen LogP contribution in [0, 0.1) is 0 Å². The van der Waals surface area contributed by atoms with Crippen LogP contribution in [0.15, 0.2) is 11.6 Å². The van der Waals surface area contributed by atoms with Gasteiger partial charge in [0.05, 0.1) is 19.8 Å². The number of allylic oxidation sites excluding steroid dienone is 1. The second kappa shape index (κ2) is 7.76. The first-order valence-electron chi connectivity index (χ1n) is 4.17. The molecule has 76 valence electrons. The van der Waals surface area contributed by atoms with Crippen LogP contribution in [-0.2, 0) is 14.3 Å². The number of hydrogen-bond acceptors (Lipinski definition) is 4. The lowest BCUT2D eigenvalue weighted by molar-refractivity contribution is -0.139. The molecule has 0 rings (SSSR count).